The largest absolute Gasteiger partial charge is 0.477 e. The number of carbonyl (C=O) groups is 1. The average molecular weight is 233 g/mol. The summed E-state index contributed by atoms with van der Waals surface area (Å²) in [6.45, 7) is 1.60. The third-order valence-electron chi connectivity index (χ3n) is 2.48. The molecule has 88 valence electrons. The van der Waals surface area contributed by atoms with Gasteiger partial charge in [0.2, 0.25) is 0 Å². The maximum atomic E-state index is 12.0. The van der Waals surface area contributed by atoms with E-state index in [-0.39, 0.29) is 5.56 Å². The van der Waals surface area contributed by atoms with E-state index in [9.17, 15) is 9.59 Å². The molecule has 2 rings (SSSR count). The highest BCUT2D eigenvalue weighted by Gasteiger charge is 2.15. The molecule has 2 aromatic rings. The number of aromatic carboxylic acids is 1. The Kier molecular flexibility index (Phi) is 2.55. The van der Waals surface area contributed by atoms with Gasteiger partial charge in [-0.3, -0.25) is 14.0 Å². The number of hydrogen-bond donors (Lipinski definition) is 1. The van der Waals surface area contributed by atoms with Crippen molar-refractivity contribution in [3.8, 4) is 5.69 Å². The van der Waals surface area contributed by atoms with Crippen molar-refractivity contribution in [3.63, 3.8) is 0 Å². The maximum Gasteiger partial charge on any atom is 0.341 e. The summed E-state index contributed by atoms with van der Waals surface area (Å²) in [4.78, 5) is 23.0. The van der Waals surface area contributed by atoms with Crippen LogP contribution in [-0.2, 0) is 7.05 Å². The lowest BCUT2D eigenvalue weighted by Gasteiger charge is -2.05. The first-order chi connectivity index (χ1) is 8.00. The number of hydrogen-bond acceptors (Lipinski definition) is 3. The van der Waals surface area contributed by atoms with E-state index in [1.165, 1.54) is 10.8 Å². The van der Waals surface area contributed by atoms with E-state index in [0.29, 0.717) is 11.3 Å². The normalized spacial score (nSPS) is 10.5. The first kappa shape index (κ1) is 11.1. The zero-order valence-corrected chi connectivity index (χ0v) is 9.41. The van der Waals surface area contributed by atoms with Crippen molar-refractivity contribution in [2.75, 3.05) is 0 Å². The first-order valence-corrected chi connectivity index (χ1v) is 4.95. The van der Waals surface area contributed by atoms with Crippen molar-refractivity contribution >= 4 is 5.97 Å². The van der Waals surface area contributed by atoms with Gasteiger partial charge in [0.15, 0.2) is 0 Å². The summed E-state index contributed by atoms with van der Waals surface area (Å²) < 4.78 is 2.81. The van der Waals surface area contributed by atoms with Crippen LogP contribution in [0.2, 0.25) is 0 Å². The van der Waals surface area contributed by atoms with Gasteiger partial charge in [-0.15, -0.1) is 0 Å². The molecular formula is C11H11N3O3. The monoisotopic (exact) mass is 233 g/mol. The van der Waals surface area contributed by atoms with E-state index < -0.39 is 11.5 Å². The zero-order valence-electron chi connectivity index (χ0n) is 9.41. The Morgan fingerprint density at radius 3 is 2.71 bits per heavy atom. The van der Waals surface area contributed by atoms with Crippen molar-refractivity contribution in [3.05, 3.63) is 46.1 Å². The van der Waals surface area contributed by atoms with Crippen molar-refractivity contribution in [1.29, 1.82) is 0 Å². The zero-order chi connectivity index (χ0) is 12.6. The van der Waals surface area contributed by atoms with Crippen LogP contribution in [0.15, 0.2) is 29.5 Å². The lowest BCUT2D eigenvalue weighted by molar-refractivity contribution is 0.0694. The predicted molar refractivity (Wildman–Crippen MR) is 60.5 cm³/mol. The van der Waals surface area contributed by atoms with Gasteiger partial charge in [-0.05, 0) is 18.6 Å². The van der Waals surface area contributed by atoms with Crippen LogP contribution in [0, 0.1) is 6.92 Å². The van der Waals surface area contributed by atoms with Gasteiger partial charge in [0.05, 0.1) is 11.9 Å². The molecule has 0 aliphatic rings. The van der Waals surface area contributed by atoms with Crippen LogP contribution in [0.4, 0.5) is 0 Å². The second-order valence-electron chi connectivity index (χ2n) is 3.73. The highest BCUT2D eigenvalue weighted by molar-refractivity contribution is 5.88. The minimum Gasteiger partial charge on any atom is -0.477 e. The van der Waals surface area contributed by atoms with Crippen LogP contribution < -0.4 is 5.56 Å². The molecule has 0 fully saturated rings. The van der Waals surface area contributed by atoms with Gasteiger partial charge in [-0.25, -0.2) is 4.79 Å². The quantitative estimate of drug-likeness (QED) is 0.823. The third-order valence-corrected chi connectivity index (χ3v) is 2.48. The molecular weight excluding hydrogens is 222 g/mol. The summed E-state index contributed by atoms with van der Waals surface area (Å²) in [7, 11) is 1.72. The summed E-state index contributed by atoms with van der Waals surface area (Å²) in [5, 5.41) is 12.9. The van der Waals surface area contributed by atoms with Crippen molar-refractivity contribution in [2.24, 2.45) is 7.05 Å². The van der Waals surface area contributed by atoms with Crippen LogP contribution >= 0.6 is 0 Å². The van der Waals surface area contributed by atoms with Crippen LogP contribution in [0.1, 0.15) is 15.9 Å². The van der Waals surface area contributed by atoms with Crippen LogP contribution in [0.5, 0.6) is 0 Å². The number of rotatable bonds is 2. The van der Waals surface area contributed by atoms with E-state index in [0.717, 1.165) is 0 Å². The molecule has 6 heteroatoms. The Bertz CT molecular complexity index is 640. The molecule has 0 amide bonds. The van der Waals surface area contributed by atoms with Gasteiger partial charge < -0.3 is 5.11 Å². The SMILES string of the molecule is Cc1ccn(-c2cnn(C)c2)c(=O)c1C(=O)O. The molecule has 0 aliphatic carbocycles. The fourth-order valence-electron chi connectivity index (χ4n) is 1.62. The highest BCUT2D eigenvalue weighted by Crippen LogP contribution is 2.07. The number of nitrogens with zero attached hydrogens (tertiary/aromatic N) is 3. The van der Waals surface area contributed by atoms with Crippen molar-refractivity contribution < 1.29 is 9.90 Å². The molecule has 0 saturated heterocycles. The van der Waals surface area contributed by atoms with Crippen molar-refractivity contribution in [2.45, 2.75) is 6.92 Å². The molecule has 0 aliphatic heterocycles. The highest BCUT2D eigenvalue weighted by atomic mass is 16.4. The number of carboxylic acid groups (broad SMARTS) is 1. The van der Waals surface area contributed by atoms with Gasteiger partial charge in [0.1, 0.15) is 5.56 Å². The van der Waals surface area contributed by atoms with Crippen molar-refractivity contribution in [1.82, 2.24) is 14.3 Å². The van der Waals surface area contributed by atoms with Crippen LogP contribution in [-0.4, -0.2) is 25.4 Å². The molecule has 2 aromatic heterocycles. The van der Waals surface area contributed by atoms with Gasteiger partial charge in [-0.1, -0.05) is 0 Å². The molecule has 0 aromatic carbocycles. The second-order valence-corrected chi connectivity index (χ2v) is 3.73. The Hall–Kier alpha value is -2.37. The van der Waals surface area contributed by atoms with Gasteiger partial charge >= 0.3 is 5.97 Å². The summed E-state index contributed by atoms with van der Waals surface area (Å²) in [5.41, 5.74) is 0.226. The Balaban J connectivity index is 2.69. The minimum absolute atomic E-state index is 0.212. The van der Waals surface area contributed by atoms with E-state index in [2.05, 4.69) is 5.10 Å². The lowest BCUT2D eigenvalue weighted by atomic mass is 10.1. The molecule has 2 heterocycles. The average Bonchev–Trinajstić information content (AvgIpc) is 2.64. The standard InChI is InChI=1S/C11H11N3O3/c1-7-3-4-14(8-5-12-13(2)6-8)10(15)9(7)11(16)17/h3-6H,1-2H3,(H,16,17). The number of pyridine rings is 1. The van der Waals surface area contributed by atoms with Gasteiger partial charge in [-0.2, -0.15) is 5.10 Å². The summed E-state index contributed by atoms with van der Waals surface area (Å²) in [6.07, 6.45) is 4.69. The summed E-state index contributed by atoms with van der Waals surface area (Å²) in [6, 6.07) is 1.60. The molecule has 1 N–H and O–H groups in total. The number of carboxylic acids is 1. The molecule has 17 heavy (non-hydrogen) atoms. The first-order valence-electron chi connectivity index (χ1n) is 4.95. The smallest absolute Gasteiger partial charge is 0.341 e. The number of aryl methyl sites for hydroxylation is 2. The molecule has 0 bridgehead atoms. The molecule has 0 unspecified atom stereocenters. The lowest BCUT2D eigenvalue weighted by Crippen LogP contribution is -2.25. The fourth-order valence-corrected chi connectivity index (χ4v) is 1.62. The molecule has 0 saturated carbocycles. The van der Waals surface area contributed by atoms with Gasteiger partial charge in [0.25, 0.3) is 5.56 Å². The second kappa shape index (κ2) is 3.89. The molecule has 0 radical (unpaired) electrons. The van der Waals surface area contributed by atoms with Crippen LogP contribution in [0.3, 0.4) is 0 Å². The summed E-state index contributed by atoms with van der Waals surface area (Å²) in [5.74, 6) is -1.22. The Morgan fingerprint density at radius 2 is 2.18 bits per heavy atom. The predicted octanol–water partition coefficient (Wildman–Crippen LogP) is 0.578. The van der Waals surface area contributed by atoms with Crippen LogP contribution in [0.25, 0.3) is 5.69 Å². The number of aromatic nitrogens is 3. The molecule has 6 nitrogen and oxygen atoms in total. The fraction of sp³-hybridized carbons (Fsp3) is 0.182. The van der Waals surface area contributed by atoms with E-state index >= 15 is 0 Å². The van der Waals surface area contributed by atoms with E-state index in [1.807, 2.05) is 0 Å². The Morgan fingerprint density at radius 1 is 1.47 bits per heavy atom. The topological polar surface area (TPSA) is 77.1 Å². The third kappa shape index (κ3) is 1.84. The summed E-state index contributed by atoms with van der Waals surface area (Å²) >= 11 is 0. The van der Waals surface area contributed by atoms with Gasteiger partial charge in [0, 0.05) is 19.4 Å². The van der Waals surface area contributed by atoms with E-state index in [1.54, 1.807) is 37.1 Å². The van der Waals surface area contributed by atoms with E-state index in [4.69, 9.17) is 5.11 Å². The molecule has 0 spiro atoms. The molecule has 0 atom stereocenters. The minimum atomic E-state index is -1.22. The maximum absolute atomic E-state index is 12.0. The Labute approximate surface area is 96.7 Å².